The van der Waals surface area contributed by atoms with Gasteiger partial charge in [-0.25, -0.2) is 0 Å². The number of anilines is 1. The number of benzene rings is 1. The van der Waals surface area contributed by atoms with Crippen molar-refractivity contribution in [2.24, 2.45) is 0 Å². The fourth-order valence-corrected chi connectivity index (χ4v) is 2.00. The van der Waals surface area contributed by atoms with E-state index in [4.69, 9.17) is 4.74 Å². The summed E-state index contributed by atoms with van der Waals surface area (Å²) < 4.78 is 5.56. The average molecular weight is 205 g/mol. The zero-order valence-corrected chi connectivity index (χ0v) is 9.49. The molecular formula is C13H19NO. The van der Waals surface area contributed by atoms with Crippen molar-refractivity contribution in [3.8, 4) is 0 Å². The first-order chi connectivity index (χ1) is 7.25. The zero-order valence-electron chi connectivity index (χ0n) is 9.49. The number of fused-ring (bicyclic) bond motifs is 1. The Morgan fingerprint density at radius 2 is 2.20 bits per heavy atom. The SMILES string of the molecule is CC(C)OCCC1Cc2ccccc2N1. The highest BCUT2D eigenvalue weighted by Gasteiger charge is 2.19. The van der Waals surface area contributed by atoms with Crippen LogP contribution in [0.15, 0.2) is 24.3 Å². The Morgan fingerprint density at radius 1 is 1.40 bits per heavy atom. The zero-order chi connectivity index (χ0) is 10.7. The van der Waals surface area contributed by atoms with Gasteiger partial charge in [0.25, 0.3) is 0 Å². The third kappa shape index (κ3) is 2.72. The Kier molecular flexibility index (Phi) is 3.27. The number of hydrogen-bond acceptors (Lipinski definition) is 2. The molecule has 0 bridgehead atoms. The molecule has 1 N–H and O–H groups in total. The molecule has 0 fully saturated rings. The molecule has 2 nitrogen and oxygen atoms in total. The first-order valence-corrected chi connectivity index (χ1v) is 5.72. The van der Waals surface area contributed by atoms with Crippen LogP contribution in [0.4, 0.5) is 5.69 Å². The lowest BCUT2D eigenvalue weighted by Gasteiger charge is -2.12. The summed E-state index contributed by atoms with van der Waals surface area (Å²) >= 11 is 0. The molecule has 82 valence electrons. The largest absolute Gasteiger partial charge is 0.382 e. The highest BCUT2D eigenvalue weighted by atomic mass is 16.5. The van der Waals surface area contributed by atoms with Gasteiger partial charge in [-0.1, -0.05) is 18.2 Å². The first kappa shape index (κ1) is 10.5. The first-order valence-electron chi connectivity index (χ1n) is 5.72. The van der Waals surface area contributed by atoms with Gasteiger partial charge >= 0.3 is 0 Å². The van der Waals surface area contributed by atoms with Crippen LogP contribution < -0.4 is 5.32 Å². The van der Waals surface area contributed by atoms with Crippen LogP contribution in [-0.2, 0) is 11.2 Å². The Labute approximate surface area is 91.6 Å². The summed E-state index contributed by atoms with van der Waals surface area (Å²) in [4.78, 5) is 0. The molecule has 1 atom stereocenters. The Balaban J connectivity index is 1.80. The number of para-hydroxylation sites is 1. The standard InChI is InChI=1S/C13H19NO/c1-10(2)15-8-7-12-9-11-5-3-4-6-13(11)14-12/h3-6,10,12,14H,7-9H2,1-2H3. The Hall–Kier alpha value is -1.02. The van der Waals surface area contributed by atoms with Crippen molar-refractivity contribution >= 4 is 5.69 Å². The van der Waals surface area contributed by atoms with Crippen LogP contribution in [-0.4, -0.2) is 18.8 Å². The predicted octanol–water partition coefficient (Wildman–Crippen LogP) is 2.84. The number of rotatable bonds is 4. The molecular weight excluding hydrogens is 186 g/mol. The van der Waals surface area contributed by atoms with E-state index in [0.29, 0.717) is 12.1 Å². The minimum atomic E-state index is 0.341. The van der Waals surface area contributed by atoms with Crippen LogP contribution in [0.2, 0.25) is 0 Å². The molecule has 0 amide bonds. The van der Waals surface area contributed by atoms with Gasteiger partial charge in [-0.15, -0.1) is 0 Å². The van der Waals surface area contributed by atoms with E-state index in [2.05, 4.69) is 43.4 Å². The summed E-state index contributed by atoms with van der Waals surface area (Å²) in [6.07, 6.45) is 2.57. The van der Waals surface area contributed by atoms with E-state index in [1.54, 1.807) is 0 Å². The lowest BCUT2D eigenvalue weighted by Crippen LogP contribution is -2.19. The molecule has 2 heteroatoms. The van der Waals surface area contributed by atoms with Crippen molar-refractivity contribution in [3.63, 3.8) is 0 Å². The maximum Gasteiger partial charge on any atom is 0.0518 e. The van der Waals surface area contributed by atoms with Crippen LogP contribution >= 0.6 is 0 Å². The van der Waals surface area contributed by atoms with Crippen LogP contribution in [0.25, 0.3) is 0 Å². The van der Waals surface area contributed by atoms with Crippen LogP contribution in [0, 0.1) is 0 Å². The van der Waals surface area contributed by atoms with E-state index in [1.807, 2.05) is 0 Å². The third-order valence-corrected chi connectivity index (χ3v) is 2.76. The number of nitrogens with one attached hydrogen (secondary N) is 1. The van der Waals surface area contributed by atoms with Gasteiger partial charge in [0.1, 0.15) is 0 Å². The van der Waals surface area contributed by atoms with Crippen molar-refractivity contribution < 1.29 is 4.74 Å². The summed E-state index contributed by atoms with van der Waals surface area (Å²) in [6.45, 7) is 5.01. The van der Waals surface area contributed by atoms with Crippen molar-refractivity contribution in [2.45, 2.75) is 38.8 Å². The lowest BCUT2D eigenvalue weighted by molar-refractivity contribution is 0.0749. The van der Waals surface area contributed by atoms with E-state index >= 15 is 0 Å². The molecule has 15 heavy (non-hydrogen) atoms. The molecule has 1 unspecified atom stereocenters. The summed E-state index contributed by atoms with van der Waals surface area (Å²) in [6, 6.07) is 9.09. The molecule has 1 aliphatic rings. The van der Waals surface area contributed by atoms with Crippen molar-refractivity contribution in [2.75, 3.05) is 11.9 Å². The van der Waals surface area contributed by atoms with Crippen LogP contribution in [0.1, 0.15) is 25.8 Å². The maximum atomic E-state index is 5.56. The summed E-state index contributed by atoms with van der Waals surface area (Å²) in [5.74, 6) is 0. The van der Waals surface area contributed by atoms with E-state index in [9.17, 15) is 0 Å². The third-order valence-electron chi connectivity index (χ3n) is 2.76. The molecule has 0 spiro atoms. The van der Waals surface area contributed by atoms with E-state index < -0.39 is 0 Å². The summed E-state index contributed by atoms with van der Waals surface area (Å²) in [7, 11) is 0. The molecule has 2 rings (SSSR count). The van der Waals surface area contributed by atoms with Gasteiger partial charge in [0.15, 0.2) is 0 Å². The lowest BCUT2D eigenvalue weighted by atomic mass is 10.1. The second-order valence-corrected chi connectivity index (χ2v) is 4.41. The molecule has 1 aromatic rings. The minimum absolute atomic E-state index is 0.341. The van der Waals surface area contributed by atoms with Crippen LogP contribution in [0.3, 0.4) is 0 Å². The molecule has 0 saturated heterocycles. The monoisotopic (exact) mass is 205 g/mol. The highest BCUT2D eigenvalue weighted by molar-refractivity contribution is 5.56. The van der Waals surface area contributed by atoms with Gasteiger partial charge in [0.2, 0.25) is 0 Å². The quantitative estimate of drug-likeness (QED) is 0.816. The van der Waals surface area contributed by atoms with Crippen molar-refractivity contribution in [3.05, 3.63) is 29.8 Å². The van der Waals surface area contributed by atoms with Gasteiger partial charge < -0.3 is 10.1 Å². The van der Waals surface area contributed by atoms with Crippen molar-refractivity contribution in [1.82, 2.24) is 0 Å². The molecule has 1 heterocycles. The normalized spacial score (nSPS) is 19.0. The number of hydrogen-bond donors (Lipinski definition) is 1. The van der Waals surface area contributed by atoms with Crippen molar-refractivity contribution in [1.29, 1.82) is 0 Å². The molecule has 0 saturated carbocycles. The fraction of sp³-hybridized carbons (Fsp3) is 0.538. The topological polar surface area (TPSA) is 21.3 Å². The average Bonchev–Trinajstić information content (AvgIpc) is 2.59. The molecule has 1 aliphatic heterocycles. The molecule has 0 radical (unpaired) electrons. The fourth-order valence-electron chi connectivity index (χ4n) is 2.00. The van der Waals surface area contributed by atoms with Gasteiger partial charge in [-0.05, 0) is 38.3 Å². The van der Waals surface area contributed by atoms with E-state index in [1.165, 1.54) is 11.3 Å². The minimum Gasteiger partial charge on any atom is -0.382 e. The highest BCUT2D eigenvalue weighted by Crippen LogP contribution is 2.26. The van der Waals surface area contributed by atoms with E-state index in [-0.39, 0.29) is 0 Å². The molecule has 0 aromatic heterocycles. The van der Waals surface area contributed by atoms with Gasteiger partial charge in [-0.3, -0.25) is 0 Å². The summed E-state index contributed by atoms with van der Waals surface area (Å²) in [5.41, 5.74) is 2.74. The smallest absolute Gasteiger partial charge is 0.0518 e. The molecule has 0 aliphatic carbocycles. The predicted molar refractivity (Wildman–Crippen MR) is 63.3 cm³/mol. The molecule has 1 aromatic carbocycles. The van der Waals surface area contributed by atoms with Gasteiger partial charge in [0.05, 0.1) is 6.10 Å². The summed E-state index contributed by atoms with van der Waals surface area (Å²) in [5, 5.41) is 3.53. The second kappa shape index (κ2) is 4.67. The number of ether oxygens (including phenoxy) is 1. The maximum absolute atomic E-state index is 5.56. The van der Waals surface area contributed by atoms with Gasteiger partial charge in [0, 0.05) is 18.3 Å². The Morgan fingerprint density at radius 3 is 2.93 bits per heavy atom. The van der Waals surface area contributed by atoms with Crippen LogP contribution in [0.5, 0.6) is 0 Å². The second-order valence-electron chi connectivity index (χ2n) is 4.41. The Bertz CT molecular complexity index is 297. The van der Waals surface area contributed by atoms with E-state index in [0.717, 1.165) is 19.4 Å². The van der Waals surface area contributed by atoms with Gasteiger partial charge in [-0.2, -0.15) is 0 Å².